The second kappa shape index (κ2) is 18.8. The van der Waals surface area contributed by atoms with Crippen molar-refractivity contribution in [3.8, 4) is 17.3 Å². The van der Waals surface area contributed by atoms with Gasteiger partial charge in [-0.25, -0.2) is 4.98 Å². The van der Waals surface area contributed by atoms with Crippen LogP contribution < -0.4 is 14.5 Å². The number of nitrogens with zero attached hydrogens (tertiary/aromatic N) is 5. The zero-order chi connectivity index (χ0) is 51.2. The van der Waals surface area contributed by atoms with Crippen LogP contribution >= 0.6 is 0 Å². The van der Waals surface area contributed by atoms with E-state index in [0.717, 1.165) is 56.1 Å². The minimum atomic E-state index is -0.0570. The minimum absolute atomic E-state index is 0. The molecule has 376 valence electrons. The third kappa shape index (κ3) is 9.38. The maximum Gasteiger partial charge on any atom is 0.314 e. The van der Waals surface area contributed by atoms with E-state index in [1.165, 1.54) is 39.0 Å². The summed E-state index contributed by atoms with van der Waals surface area (Å²) < 4.78 is 8.95. The summed E-state index contributed by atoms with van der Waals surface area (Å²) in [7, 11) is 0. The molecule has 2 aromatic heterocycles. The Labute approximate surface area is 454 Å². The molecule has 0 atom stereocenters. The van der Waals surface area contributed by atoms with Gasteiger partial charge in [0.05, 0.1) is 5.82 Å². The Morgan fingerprint density at radius 2 is 1.22 bits per heavy atom. The molecule has 8 aromatic rings. The topological polar surface area (TPSA) is 36.8 Å². The standard InChI is InChI=1S/C66H65BN5O.Pt/c1-63(2,3)46-32-35-68-61(39-46)72-57-25-16-14-23-54(57)55-29-28-51(41-60(55)72)73-50-21-19-20-49(40-50)69-43-70(59-27-18-17-26-58(59)69)62-53(45-36-47(64(4,5)6)38-48(37-45)65(7,8)9)31-34-67-33-30-44(42-71(62)67)52-22-13-15-24-56(52)66(10,11)12;/h13-39,42-43H,1-12H3;/q-3;. The molecule has 5 heterocycles. The molecule has 3 aliphatic heterocycles. The van der Waals surface area contributed by atoms with Gasteiger partial charge in [0.2, 0.25) is 0 Å². The smallest absolute Gasteiger partial charge is 0.314 e. The zero-order valence-corrected chi connectivity index (χ0v) is 47.1. The Bertz CT molecular complexity index is 3570. The largest absolute Gasteiger partial charge is 0.509 e. The van der Waals surface area contributed by atoms with Gasteiger partial charge in [-0.3, -0.25) is 0 Å². The Morgan fingerprint density at radius 1 is 0.568 bits per heavy atom. The number of fused-ring (bicyclic) bond motifs is 5. The number of benzene rings is 6. The summed E-state index contributed by atoms with van der Waals surface area (Å²) in [6.45, 7) is 29.7. The van der Waals surface area contributed by atoms with Gasteiger partial charge in [0.15, 0.2) is 0 Å². The first-order valence-electron chi connectivity index (χ1n) is 25.7. The molecule has 74 heavy (non-hydrogen) atoms. The Balaban J connectivity index is 0.00000626. The Hall–Kier alpha value is -6.82. The van der Waals surface area contributed by atoms with Gasteiger partial charge >= 0.3 is 6.85 Å². The van der Waals surface area contributed by atoms with E-state index in [-0.39, 0.29) is 49.6 Å². The van der Waals surface area contributed by atoms with Crippen molar-refractivity contribution >= 4 is 56.9 Å². The van der Waals surface area contributed by atoms with Gasteiger partial charge in [-0.2, -0.15) is 12.1 Å². The predicted molar refractivity (Wildman–Crippen MR) is 307 cm³/mol. The summed E-state index contributed by atoms with van der Waals surface area (Å²) in [5.74, 6) is 7.81. The minimum Gasteiger partial charge on any atom is -0.509 e. The van der Waals surface area contributed by atoms with E-state index in [1.54, 1.807) is 0 Å². The maximum atomic E-state index is 6.75. The molecular formula is C66H65BN5OPt-3. The molecule has 11 rings (SSSR count). The summed E-state index contributed by atoms with van der Waals surface area (Å²) in [6, 6.07) is 55.2. The van der Waals surface area contributed by atoms with Crippen LogP contribution in [0.2, 0.25) is 0 Å². The van der Waals surface area contributed by atoms with Crippen LogP contribution in [-0.4, -0.2) is 21.2 Å². The normalized spacial score (nSPS) is 14.9. The molecule has 6 aromatic carbocycles. The quantitative estimate of drug-likeness (QED) is 0.117. The van der Waals surface area contributed by atoms with Crippen molar-refractivity contribution in [2.75, 3.05) is 9.80 Å². The van der Waals surface area contributed by atoms with E-state index >= 15 is 0 Å². The van der Waals surface area contributed by atoms with Crippen molar-refractivity contribution in [1.29, 1.82) is 0 Å². The van der Waals surface area contributed by atoms with Crippen molar-refractivity contribution in [2.24, 2.45) is 0 Å². The number of hydrogen-bond acceptors (Lipinski definition) is 5. The molecule has 6 nitrogen and oxygen atoms in total. The molecule has 0 aliphatic carbocycles. The van der Waals surface area contributed by atoms with Gasteiger partial charge in [0.1, 0.15) is 5.82 Å². The molecule has 0 fully saturated rings. The van der Waals surface area contributed by atoms with E-state index in [1.807, 2.05) is 24.4 Å². The van der Waals surface area contributed by atoms with Gasteiger partial charge < -0.3 is 23.9 Å². The molecule has 0 N–H and O–H groups in total. The number of rotatable bonds is 7. The molecule has 0 bridgehead atoms. The van der Waals surface area contributed by atoms with Gasteiger partial charge in [-0.15, -0.1) is 48.1 Å². The van der Waals surface area contributed by atoms with Crippen molar-refractivity contribution in [1.82, 2.24) is 14.4 Å². The van der Waals surface area contributed by atoms with Crippen LogP contribution in [0.3, 0.4) is 0 Å². The third-order valence-corrected chi connectivity index (χ3v) is 14.5. The fourth-order valence-electron chi connectivity index (χ4n) is 10.4. The van der Waals surface area contributed by atoms with Gasteiger partial charge in [-0.05, 0) is 96.3 Å². The Morgan fingerprint density at radius 3 is 1.93 bits per heavy atom. The molecular weight excluding hydrogens is 1080 g/mol. The first kappa shape index (κ1) is 50.7. The van der Waals surface area contributed by atoms with Crippen LogP contribution in [0.25, 0.3) is 38.8 Å². The first-order valence-corrected chi connectivity index (χ1v) is 25.7. The van der Waals surface area contributed by atoms with Crippen LogP contribution in [0, 0.1) is 18.8 Å². The third-order valence-electron chi connectivity index (χ3n) is 14.5. The van der Waals surface area contributed by atoms with E-state index in [2.05, 4.69) is 267 Å². The number of pyridine rings is 1. The number of aromatic nitrogens is 2. The molecule has 0 saturated carbocycles. The number of ether oxygens (including phenoxy) is 1. The molecule has 3 aliphatic rings. The maximum absolute atomic E-state index is 6.75. The predicted octanol–water partition coefficient (Wildman–Crippen LogP) is 16.8. The molecule has 0 radical (unpaired) electrons. The van der Waals surface area contributed by atoms with Gasteiger partial charge in [-0.1, -0.05) is 186 Å². The summed E-state index contributed by atoms with van der Waals surface area (Å²) in [4.78, 5) is 12.0. The zero-order valence-electron chi connectivity index (χ0n) is 44.8. The van der Waals surface area contributed by atoms with Gasteiger partial charge in [0.25, 0.3) is 0 Å². The fourth-order valence-corrected chi connectivity index (χ4v) is 10.4. The van der Waals surface area contributed by atoms with Crippen molar-refractivity contribution in [3.05, 3.63) is 228 Å². The van der Waals surface area contributed by atoms with E-state index in [4.69, 9.17) is 9.72 Å². The number of hydrogen-bond donors (Lipinski definition) is 0. The van der Waals surface area contributed by atoms with E-state index in [0.29, 0.717) is 11.5 Å². The number of anilines is 3. The van der Waals surface area contributed by atoms with E-state index < -0.39 is 0 Å². The molecule has 0 saturated heterocycles. The SMILES string of the molecule is CC(C)(C)c1cc(C2=C(N3[CH-]N(c4[c-]c(Oc5[c-]c6c(cc5)c5ccccc5n6-c5cc(C(C)(C)C)ccn5)ccc4)c4ccccc43)N3C=C(c4ccccc4C(C)(C)C)C=CB3C=C2)cc(C(C)(C)C)c1.[Pt]. The average molecular weight is 1150 g/mol. The fraction of sp³-hybridized carbons (Fsp3) is 0.242. The Kier molecular flexibility index (Phi) is 12.9. The number of allylic oxidation sites excluding steroid dienone is 4. The molecule has 0 amide bonds. The average Bonchev–Trinajstić information content (AvgIpc) is 3.91. The summed E-state index contributed by atoms with van der Waals surface area (Å²) in [5, 5.41) is 2.23. The summed E-state index contributed by atoms with van der Waals surface area (Å²) in [5.41, 5.74) is 14.7. The number of para-hydroxylation sites is 3. The molecule has 0 unspecified atom stereocenters. The first-order chi connectivity index (χ1) is 34.7. The van der Waals surface area contributed by atoms with Crippen molar-refractivity contribution in [2.45, 2.75) is 105 Å². The second-order valence-corrected chi connectivity index (χ2v) is 24.0. The monoisotopic (exact) mass is 1150 g/mol. The second-order valence-electron chi connectivity index (χ2n) is 24.0. The van der Waals surface area contributed by atoms with Crippen LogP contribution in [0.4, 0.5) is 17.1 Å². The van der Waals surface area contributed by atoms with Crippen molar-refractivity contribution in [3.63, 3.8) is 0 Å². The van der Waals surface area contributed by atoms with Crippen LogP contribution in [0.15, 0.2) is 176 Å². The van der Waals surface area contributed by atoms with Gasteiger partial charge in [0, 0.05) is 67.4 Å². The summed E-state index contributed by atoms with van der Waals surface area (Å²) >= 11 is 0. The molecule has 0 spiro atoms. The van der Waals surface area contributed by atoms with Crippen molar-refractivity contribution < 1.29 is 25.8 Å². The van der Waals surface area contributed by atoms with Crippen LogP contribution in [0.5, 0.6) is 11.5 Å². The van der Waals surface area contributed by atoms with Crippen LogP contribution in [0.1, 0.15) is 116 Å². The molecule has 8 heteroatoms. The summed E-state index contributed by atoms with van der Waals surface area (Å²) in [6.07, 6.45) is 8.93. The van der Waals surface area contributed by atoms with E-state index in [9.17, 15) is 0 Å². The van der Waals surface area contributed by atoms with Crippen LogP contribution in [-0.2, 0) is 42.7 Å².